The number of hydrogen-bond acceptors (Lipinski definition) is 3. The SMILES string of the molecule is CS(=O)(=O)OC/C=C/c1ccc(Cl)cc1. The van der Waals surface area contributed by atoms with E-state index in [2.05, 4.69) is 4.18 Å². The average Bonchev–Trinajstić information content (AvgIpc) is 2.14. The number of halogens is 1. The minimum absolute atomic E-state index is 0.0431. The molecule has 0 aromatic heterocycles. The Labute approximate surface area is 94.5 Å². The Morgan fingerprint density at radius 1 is 1.33 bits per heavy atom. The molecule has 3 nitrogen and oxygen atoms in total. The molecule has 1 rings (SSSR count). The van der Waals surface area contributed by atoms with Crippen molar-refractivity contribution in [3.63, 3.8) is 0 Å². The fourth-order valence-corrected chi connectivity index (χ4v) is 1.37. The van der Waals surface area contributed by atoms with Gasteiger partial charge in [0.15, 0.2) is 0 Å². The molecule has 0 aliphatic carbocycles. The maximum Gasteiger partial charge on any atom is 0.264 e. The van der Waals surface area contributed by atoms with Crippen molar-refractivity contribution in [3.8, 4) is 0 Å². The Hall–Kier alpha value is -0.840. The Morgan fingerprint density at radius 3 is 2.47 bits per heavy atom. The predicted octanol–water partition coefficient (Wildman–Crippen LogP) is 2.33. The van der Waals surface area contributed by atoms with E-state index in [-0.39, 0.29) is 6.61 Å². The first-order valence-corrected chi connectivity index (χ1v) is 6.43. The Bertz CT molecular complexity index is 434. The zero-order valence-corrected chi connectivity index (χ0v) is 9.75. The normalized spacial score (nSPS) is 12.1. The van der Waals surface area contributed by atoms with E-state index in [9.17, 15) is 8.42 Å². The summed E-state index contributed by atoms with van der Waals surface area (Å²) in [6.07, 6.45) is 4.41. The Balaban J connectivity index is 2.48. The lowest BCUT2D eigenvalue weighted by Gasteiger charge is -1.95. The highest BCUT2D eigenvalue weighted by molar-refractivity contribution is 7.85. The molecule has 0 saturated carbocycles. The third kappa shape index (κ3) is 5.57. The van der Waals surface area contributed by atoms with Crippen molar-refractivity contribution in [1.82, 2.24) is 0 Å². The molecule has 0 atom stereocenters. The van der Waals surface area contributed by atoms with E-state index in [0.29, 0.717) is 5.02 Å². The smallest absolute Gasteiger partial charge is 0.264 e. The topological polar surface area (TPSA) is 43.4 Å². The summed E-state index contributed by atoms with van der Waals surface area (Å²) in [4.78, 5) is 0. The van der Waals surface area contributed by atoms with Crippen molar-refractivity contribution in [1.29, 1.82) is 0 Å². The largest absolute Gasteiger partial charge is 0.266 e. The van der Waals surface area contributed by atoms with Crippen LogP contribution in [0, 0.1) is 0 Å². The molecule has 0 aliphatic rings. The molecular formula is C10H11ClO3S. The fraction of sp³-hybridized carbons (Fsp3) is 0.200. The molecule has 0 unspecified atom stereocenters. The number of benzene rings is 1. The van der Waals surface area contributed by atoms with Crippen molar-refractivity contribution < 1.29 is 12.6 Å². The van der Waals surface area contributed by atoms with Gasteiger partial charge in [-0.15, -0.1) is 0 Å². The molecule has 0 bridgehead atoms. The fourth-order valence-electron chi connectivity index (χ4n) is 0.921. The lowest BCUT2D eigenvalue weighted by Crippen LogP contribution is -2.01. The molecular weight excluding hydrogens is 236 g/mol. The minimum atomic E-state index is -3.36. The van der Waals surface area contributed by atoms with Crippen LogP contribution < -0.4 is 0 Å². The molecule has 0 heterocycles. The van der Waals surface area contributed by atoms with Crippen LogP contribution in [-0.2, 0) is 14.3 Å². The van der Waals surface area contributed by atoms with Crippen molar-refractivity contribution in [3.05, 3.63) is 40.9 Å². The van der Waals surface area contributed by atoms with Crippen LogP contribution in [0.25, 0.3) is 6.08 Å². The van der Waals surface area contributed by atoms with Crippen LogP contribution in [0.15, 0.2) is 30.3 Å². The molecule has 0 amide bonds. The monoisotopic (exact) mass is 246 g/mol. The van der Waals surface area contributed by atoms with Gasteiger partial charge < -0.3 is 0 Å². The summed E-state index contributed by atoms with van der Waals surface area (Å²) in [6.45, 7) is 0.0431. The third-order valence-corrected chi connectivity index (χ3v) is 2.37. The quantitative estimate of drug-likeness (QED) is 0.766. The first-order chi connectivity index (χ1) is 6.97. The second-order valence-electron chi connectivity index (χ2n) is 2.94. The Morgan fingerprint density at radius 2 is 1.93 bits per heavy atom. The Kier molecular flexibility index (Phi) is 4.32. The molecule has 0 fully saturated rings. The van der Waals surface area contributed by atoms with E-state index in [1.165, 1.54) is 0 Å². The number of hydrogen-bond donors (Lipinski definition) is 0. The predicted molar refractivity (Wildman–Crippen MR) is 61.3 cm³/mol. The van der Waals surface area contributed by atoms with Gasteiger partial charge in [0.1, 0.15) is 0 Å². The van der Waals surface area contributed by atoms with E-state index in [1.54, 1.807) is 24.3 Å². The molecule has 0 saturated heterocycles. The summed E-state index contributed by atoms with van der Waals surface area (Å²) in [6, 6.07) is 7.19. The summed E-state index contributed by atoms with van der Waals surface area (Å²) in [7, 11) is -3.36. The lowest BCUT2D eigenvalue weighted by atomic mass is 10.2. The summed E-state index contributed by atoms with van der Waals surface area (Å²) in [5.74, 6) is 0. The lowest BCUT2D eigenvalue weighted by molar-refractivity contribution is 0.362. The van der Waals surface area contributed by atoms with Gasteiger partial charge in [0.2, 0.25) is 0 Å². The summed E-state index contributed by atoms with van der Waals surface area (Å²) in [5, 5.41) is 0.666. The van der Waals surface area contributed by atoms with E-state index in [1.807, 2.05) is 12.1 Å². The standard InChI is InChI=1S/C10H11ClO3S/c1-15(12,13)14-8-2-3-9-4-6-10(11)7-5-9/h2-7H,8H2,1H3/b3-2+. The maximum absolute atomic E-state index is 10.6. The van der Waals surface area contributed by atoms with Gasteiger partial charge in [0.25, 0.3) is 10.1 Å². The van der Waals surface area contributed by atoms with Gasteiger partial charge in [-0.3, -0.25) is 4.18 Å². The van der Waals surface area contributed by atoms with Gasteiger partial charge in [0.05, 0.1) is 12.9 Å². The molecule has 1 aromatic rings. The highest BCUT2D eigenvalue weighted by Gasteiger charge is 1.97. The van der Waals surface area contributed by atoms with E-state index in [4.69, 9.17) is 11.6 Å². The van der Waals surface area contributed by atoms with Crippen LogP contribution in [0.4, 0.5) is 0 Å². The molecule has 0 N–H and O–H groups in total. The first kappa shape index (κ1) is 12.2. The molecule has 82 valence electrons. The van der Waals surface area contributed by atoms with Gasteiger partial charge in [0, 0.05) is 5.02 Å². The highest BCUT2D eigenvalue weighted by Crippen LogP contribution is 2.10. The molecule has 15 heavy (non-hydrogen) atoms. The van der Waals surface area contributed by atoms with Crippen molar-refractivity contribution in [2.45, 2.75) is 0 Å². The molecule has 0 radical (unpaired) electrons. The molecule has 0 spiro atoms. The van der Waals surface area contributed by atoms with Crippen molar-refractivity contribution in [2.75, 3.05) is 12.9 Å². The zero-order valence-electron chi connectivity index (χ0n) is 8.18. The maximum atomic E-state index is 10.6. The van der Waals surface area contributed by atoms with Crippen LogP contribution in [0.3, 0.4) is 0 Å². The molecule has 1 aromatic carbocycles. The van der Waals surface area contributed by atoms with Crippen LogP contribution >= 0.6 is 11.6 Å². The van der Waals surface area contributed by atoms with Gasteiger partial charge in [-0.1, -0.05) is 35.9 Å². The van der Waals surface area contributed by atoms with Crippen LogP contribution in [0.2, 0.25) is 5.02 Å². The van der Waals surface area contributed by atoms with E-state index < -0.39 is 10.1 Å². The first-order valence-electron chi connectivity index (χ1n) is 4.24. The van der Waals surface area contributed by atoms with E-state index in [0.717, 1.165) is 11.8 Å². The zero-order chi connectivity index (χ0) is 11.3. The molecule has 5 heteroatoms. The molecule has 0 aliphatic heterocycles. The summed E-state index contributed by atoms with van der Waals surface area (Å²) < 4.78 is 25.8. The van der Waals surface area contributed by atoms with Gasteiger partial charge in [-0.25, -0.2) is 0 Å². The van der Waals surface area contributed by atoms with E-state index >= 15 is 0 Å². The summed E-state index contributed by atoms with van der Waals surface area (Å²) >= 11 is 5.70. The van der Waals surface area contributed by atoms with Crippen LogP contribution in [0.1, 0.15) is 5.56 Å². The van der Waals surface area contributed by atoms with Crippen molar-refractivity contribution in [2.24, 2.45) is 0 Å². The van der Waals surface area contributed by atoms with Crippen LogP contribution in [-0.4, -0.2) is 21.3 Å². The second kappa shape index (κ2) is 5.30. The van der Waals surface area contributed by atoms with Gasteiger partial charge in [-0.05, 0) is 17.7 Å². The highest BCUT2D eigenvalue weighted by atomic mass is 35.5. The average molecular weight is 247 g/mol. The minimum Gasteiger partial charge on any atom is -0.266 e. The second-order valence-corrected chi connectivity index (χ2v) is 5.02. The van der Waals surface area contributed by atoms with Gasteiger partial charge in [-0.2, -0.15) is 8.42 Å². The number of rotatable bonds is 4. The van der Waals surface area contributed by atoms with Crippen LogP contribution in [0.5, 0.6) is 0 Å². The van der Waals surface area contributed by atoms with Gasteiger partial charge >= 0.3 is 0 Å². The summed E-state index contributed by atoms with van der Waals surface area (Å²) in [5.41, 5.74) is 0.941. The third-order valence-electron chi connectivity index (χ3n) is 1.56. The van der Waals surface area contributed by atoms with Crippen molar-refractivity contribution >= 4 is 27.8 Å².